The lowest BCUT2D eigenvalue weighted by Gasteiger charge is -2.29. The third-order valence-electron chi connectivity index (χ3n) is 5.80. The number of carbonyl (C=O) groups excluding carboxylic acids is 1. The topological polar surface area (TPSA) is 79.7 Å². The van der Waals surface area contributed by atoms with Crippen LogP contribution >= 0.6 is 0 Å². The van der Waals surface area contributed by atoms with Gasteiger partial charge in [0.2, 0.25) is 0 Å². The molecule has 1 saturated heterocycles. The summed E-state index contributed by atoms with van der Waals surface area (Å²) in [5.74, 6) is -0.151. The van der Waals surface area contributed by atoms with Crippen molar-refractivity contribution < 1.29 is 18.1 Å². The van der Waals surface area contributed by atoms with Gasteiger partial charge in [0.05, 0.1) is 30.2 Å². The van der Waals surface area contributed by atoms with Crippen LogP contribution in [0.25, 0.3) is 0 Å². The van der Waals surface area contributed by atoms with Crippen molar-refractivity contribution in [1.29, 1.82) is 0 Å². The number of sulfonamides is 1. The van der Waals surface area contributed by atoms with Gasteiger partial charge in [0.1, 0.15) is 0 Å². The molecular formula is C22H30N3O3S+. The Hall–Kier alpha value is -2.38. The number of amides is 1. The van der Waals surface area contributed by atoms with Crippen LogP contribution < -0.4 is 14.9 Å². The molecule has 3 rings (SSSR count). The number of rotatable bonds is 6. The first kappa shape index (κ1) is 21.3. The first-order chi connectivity index (χ1) is 13.8. The van der Waals surface area contributed by atoms with Crippen molar-refractivity contribution in [3.63, 3.8) is 0 Å². The van der Waals surface area contributed by atoms with E-state index in [1.165, 1.54) is 12.1 Å². The molecule has 7 heteroatoms. The van der Waals surface area contributed by atoms with E-state index < -0.39 is 10.0 Å². The highest BCUT2D eigenvalue weighted by Gasteiger charge is 2.23. The zero-order valence-corrected chi connectivity index (χ0v) is 18.1. The summed E-state index contributed by atoms with van der Waals surface area (Å²) in [6, 6.07) is 11.8. The Morgan fingerprint density at radius 2 is 1.72 bits per heavy atom. The summed E-state index contributed by atoms with van der Waals surface area (Å²) in [5.41, 5.74) is 2.94. The van der Waals surface area contributed by atoms with Gasteiger partial charge in [0.15, 0.2) is 0 Å². The molecule has 1 heterocycles. The normalized spacial score (nSPS) is 19.6. The molecule has 3 N–H and O–H groups in total. The third kappa shape index (κ3) is 5.16. The van der Waals surface area contributed by atoms with E-state index in [-0.39, 0.29) is 16.8 Å². The second-order valence-electron chi connectivity index (χ2n) is 7.73. The van der Waals surface area contributed by atoms with Crippen LogP contribution in [0.3, 0.4) is 0 Å². The quantitative estimate of drug-likeness (QED) is 0.673. The fourth-order valence-corrected chi connectivity index (χ4v) is 4.77. The number of hydrogen-bond acceptors (Lipinski definition) is 3. The molecule has 0 atom stereocenters. The second-order valence-corrected chi connectivity index (χ2v) is 9.41. The molecule has 29 heavy (non-hydrogen) atoms. The van der Waals surface area contributed by atoms with Gasteiger partial charge in [-0.1, -0.05) is 12.1 Å². The summed E-state index contributed by atoms with van der Waals surface area (Å²) in [6.07, 6.45) is 1.95. The van der Waals surface area contributed by atoms with Crippen molar-refractivity contribution in [1.82, 2.24) is 5.32 Å². The highest BCUT2D eigenvalue weighted by molar-refractivity contribution is 7.92. The third-order valence-corrected chi connectivity index (χ3v) is 7.19. The first-order valence-corrected chi connectivity index (χ1v) is 11.6. The van der Waals surface area contributed by atoms with Gasteiger partial charge in [-0.05, 0) is 62.2 Å². The molecule has 156 valence electrons. The maximum absolute atomic E-state index is 12.7. The highest BCUT2D eigenvalue weighted by Crippen LogP contribution is 2.22. The number of anilines is 1. The van der Waals surface area contributed by atoms with E-state index in [0.717, 1.165) is 43.6 Å². The standard InChI is InChI=1S/C22H29N3O3S/c1-4-25-14-12-19(13-15-25)23-22(26)18-8-10-20(11-9-18)29(27,28)24-21-7-5-6-16(2)17(21)3/h5-11,19,24H,4,12-15H2,1-3H3,(H,23,26)/p+1. The van der Waals surface area contributed by atoms with Crippen molar-refractivity contribution in [3.05, 3.63) is 59.2 Å². The van der Waals surface area contributed by atoms with Crippen LogP contribution in [-0.4, -0.2) is 40.0 Å². The van der Waals surface area contributed by atoms with Gasteiger partial charge in [-0.2, -0.15) is 0 Å². The van der Waals surface area contributed by atoms with E-state index in [1.54, 1.807) is 23.1 Å². The van der Waals surface area contributed by atoms with Gasteiger partial charge in [-0.25, -0.2) is 8.42 Å². The zero-order chi connectivity index (χ0) is 21.0. The molecule has 1 aliphatic rings. The number of hydrogen-bond donors (Lipinski definition) is 3. The number of carbonyl (C=O) groups is 1. The van der Waals surface area contributed by atoms with Gasteiger partial charge in [0, 0.05) is 24.4 Å². The lowest BCUT2D eigenvalue weighted by atomic mass is 10.0. The summed E-state index contributed by atoms with van der Waals surface area (Å²) in [4.78, 5) is 14.2. The van der Waals surface area contributed by atoms with Crippen molar-refractivity contribution in [2.45, 2.75) is 44.6 Å². The molecule has 1 amide bonds. The Labute approximate surface area is 173 Å². The average Bonchev–Trinajstić information content (AvgIpc) is 2.72. The Balaban J connectivity index is 1.66. The monoisotopic (exact) mass is 416 g/mol. The second kappa shape index (κ2) is 8.97. The highest BCUT2D eigenvalue weighted by atomic mass is 32.2. The lowest BCUT2D eigenvalue weighted by molar-refractivity contribution is -0.903. The number of likely N-dealkylation sites (tertiary alicyclic amines) is 1. The molecule has 0 spiro atoms. The molecule has 0 bridgehead atoms. The van der Waals surface area contributed by atoms with E-state index in [4.69, 9.17) is 0 Å². The van der Waals surface area contributed by atoms with Crippen LogP contribution in [0.15, 0.2) is 47.4 Å². The molecule has 0 aromatic heterocycles. The number of benzene rings is 2. The number of nitrogens with one attached hydrogen (secondary N) is 3. The minimum absolute atomic E-state index is 0.134. The predicted molar refractivity (Wildman–Crippen MR) is 115 cm³/mol. The number of quaternary nitrogens is 1. The van der Waals surface area contributed by atoms with Crippen molar-refractivity contribution in [3.8, 4) is 0 Å². The zero-order valence-electron chi connectivity index (χ0n) is 17.3. The van der Waals surface area contributed by atoms with Gasteiger partial charge < -0.3 is 10.2 Å². The molecule has 0 saturated carbocycles. The molecule has 0 aliphatic carbocycles. The summed E-state index contributed by atoms with van der Waals surface area (Å²) in [7, 11) is -3.72. The predicted octanol–water partition coefficient (Wildman–Crippen LogP) is 1.90. The number of aryl methyl sites for hydroxylation is 1. The first-order valence-electron chi connectivity index (χ1n) is 10.1. The SMILES string of the molecule is CC[NH+]1CCC(NC(=O)c2ccc(S(=O)(=O)Nc3cccc(C)c3C)cc2)CC1. The fraction of sp³-hybridized carbons (Fsp3) is 0.409. The van der Waals surface area contributed by atoms with Crippen molar-refractivity contribution in [2.24, 2.45) is 0 Å². The fourth-order valence-electron chi connectivity index (χ4n) is 3.64. The summed E-state index contributed by atoms with van der Waals surface area (Å²) in [6.45, 7) is 9.26. The van der Waals surface area contributed by atoms with Crippen LogP contribution in [0.4, 0.5) is 5.69 Å². The molecule has 0 radical (unpaired) electrons. The van der Waals surface area contributed by atoms with Gasteiger partial charge in [-0.15, -0.1) is 0 Å². The van der Waals surface area contributed by atoms with Gasteiger partial charge >= 0.3 is 0 Å². The van der Waals surface area contributed by atoms with E-state index >= 15 is 0 Å². The van der Waals surface area contributed by atoms with Gasteiger partial charge in [0.25, 0.3) is 15.9 Å². The Morgan fingerprint density at radius 1 is 1.07 bits per heavy atom. The minimum Gasteiger partial charge on any atom is -0.349 e. The van der Waals surface area contributed by atoms with Crippen LogP contribution in [0, 0.1) is 13.8 Å². The summed E-state index contributed by atoms with van der Waals surface area (Å²) >= 11 is 0. The maximum atomic E-state index is 12.7. The molecule has 1 fully saturated rings. The van der Waals surface area contributed by atoms with Crippen LogP contribution in [-0.2, 0) is 10.0 Å². The van der Waals surface area contributed by atoms with E-state index in [2.05, 4.69) is 17.0 Å². The van der Waals surface area contributed by atoms with Crippen LogP contribution in [0.5, 0.6) is 0 Å². The minimum atomic E-state index is -3.72. The van der Waals surface area contributed by atoms with Crippen molar-refractivity contribution >= 4 is 21.6 Å². The molecule has 2 aromatic carbocycles. The summed E-state index contributed by atoms with van der Waals surface area (Å²) in [5, 5.41) is 3.07. The van der Waals surface area contributed by atoms with Gasteiger partial charge in [-0.3, -0.25) is 9.52 Å². The molecule has 1 aliphatic heterocycles. The molecule has 2 aromatic rings. The van der Waals surface area contributed by atoms with E-state index in [0.29, 0.717) is 11.3 Å². The lowest BCUT2D eigenvalue weighted by Crippen LogP contribution is -3.13. The largest absolute Gasteiger partial charge is 0.349 e. The maximum Gasteiger partial charge on any atom is 0.261 e. The van der Waals surface area contributed by atoms with Crippen LogP contribution in [0.2, 0.25) is 0 Å². The number of piperidine rings is 1. The summed E-state index contributed by atoms with van der Waals surface area (Å²) < 4.78 is 28.1. The Bertz CT molecular complexity index is 963. The van der Waals surface area contributed by atoms with Crippen molar-refractivity contribution in [2.75, 3.05) is 24.4 Å². The Morgan fingerprint density at radius 3 is 2.34 bits per heavy atom. The molecule has 0 unspecified atom stereocenters. The molecular weight excluding hydrogens is 386 g/mol. The van der Waals surface area contributed by atoms with E-state index in [9.17, 15) is 13.2 Å². The smallest absolute Gasteiger partial charge is 0.261 e. The van der Waals surface area contributed by atoms with Crippen LogP contribution in [0.1, 0.15) is 41.3 Å². The van der Waals surface area contributed by atoms with E-state index in [1.807, 2.05) is 26.0 Å². The average molecular weight is 417 g/mol. The Kier molecular flexibility index (Phi) is 6.59. The molecule has 6 nitrogen and oxygen atoms in total.